The minimum atomic E-state index is -0.0906. The van der Waals surface area contributed by atoms with Crippen molar-refractivity contribution >= 4 is 5.91 Å². The smallest absolute Gasteiger partial charge is 0.237 e. The van der Waals surface area contributed by atoms with Gasteiger partial charge in [-0.1, -0.05) is 0 Å². The van der Waals surface area contributed by atoms with E-state index in [1.165, 1.54) is 0 Å². The number of amides is 1. The average molecular weight is 378 g/mol. The van der Waals surface area contributed by atoms with Crippen molar-refractivity contribution in [2.45, 2.75) is 58.3 Å². The van der Waals surface area contributed by atoms with Gasteiger partial charge in [0.15, 0.2) is 0 Å². The average Bonchev–Trinajstić information content (AvgIpc) is 3.17. The van der Waals surface area contributed by atoms with Crippen LogP contribution in [-0.2, 0) is 16.0 Å². The summed E-state index contributed by atoms with van der Waals surface area (Å²) in [6.07, 6.45) is 7.34. The Morgan fingerprint density at radius 3 is 2.67 bits per heavy atom. The first-order valence-corrected chi connectivity index (χ1v) is 10.4. The van der Waals surface area contributed by atoms with E-state index in [0.29, 0.717) is 5.92 Å². The number of carbonyl (C=O) groups excluding carboxylic acids is 1. The summed E-state index contributed by atoms with van der Waals surface area (Å²) in [7, 11) is 0. The van der Waals surface area contributed by atoms with Crippen molar-refractivity contribution in [3.05, 3.63) is 18.2 Å². The molecule has 1 amide bonds. The molecule has 2 aliphatic rings. The Morgan fingerprint density at radius 1 is 1.33 bits per heavy atom. The van der Waals surface area contributed by atoms with Gasteiger partial charge in [0.25, 0.3) is 0 Å². The van der Waals surface area contributed by atoms with Crippen LogP contribution in [0.25, 0.3) is 0 Å². The normalized spacial score (nSPS) is 26.8. The second kappa shape index (κ2) is 9.66. The molecule has 0 bridgehead atoms. The third-order valence-electron chi connectivity index (χ3n) is 5.87. The van der Waals surface area contributed by atoms with Crippen LogP contribution in [0.4, 0.5) is 0 Å². The summed E-state index contributed by atoms with van der Waals surface area (Å²) < 4.78 is 5.77. The maximum absolute atomic E-state index is 12.6. The monoisotopic (exact) mass is 377 g/mol. The second-order valence-corrected chi connectivity index (χ2v) is 8.20. The first-order chi connectivity index (χ1) is 13.0. The van der Waals surface area contributed by atoms with Crippen molar-refractivity contribution in [1.29, 1.82) is 0 Å². The third-order valence-corrected chi connectivity index (χ3v) is 5.87. The fraction of sp³-hybridized carbons (Fsp3) is 0.800. The first kappa shape index (κ1) is 20.3. The highest BCUT2D eigenvalue weighted by Crippen LogP contribution is 2.17. The van der Waals surface area contributed by atoms with Gasteiger partial charge < -0.3 is 19.9 Å². The quantitative estimate of drug-likeness (QED) is 0.749. The molecule has 0 radical (unpaired) electrons. The number of imidazole rings is 1. The molecule has 0 aromatic carbocycles. The van der Waals surface area contributed by atoms with Crippen LogP contribution in [0, 0.1) is 5.92 Å². The SMILES string of the molecule is CC(C(=O)NCC1CCN(CCc2ncc[nH]2)CC1)N1C[C@@H](C)O[C@@H](C)C1. The molecule has 152 valence electrons. The van der Waals surface area contributed by atoms with Gasteiger partial charge in [-0.3, -0.25) is 9.69 Å². The summed E-state index contributed by atoms with van der Waals surface area (Å²) in [4.78, 5) is 24.8. The van der Waals surface area contributed by atoms with Gasteiger partial charge in [-0.15, -0.1) is 0 Å². The van der Waals surface area contributed by atoms with E-state index in [1.807, 2.05) is 19.3 Å². The minimum Gasteiger partial charge on any atom is -0.373 e. The van der Waals surface area contributed by atoms with Gasteiger partial charge in [-0.2, -0.15) is 0 Å². The predicted molar refractivity (Wildman–Crippen MR) is 106 cm³/mol. The van der Waals surface area contributed by atoms with Crippen molar-refractivity contribution in [2.75, 3.05) is 39.3 Å². The molecule has 0 saturated carbocycles. The van der Waals surface area contributed by atoms with Gasteiger partial charge in [-0.25, -0.2) is 4.98 Å². The molecular weight excluding hydrogens is 342 g/mol. The summed E-state index contributed by atoms with van der Waals surface area (Å²) in [5, 5.41) is 3.19. The van der Waals surface area contributed by atoms with Gasteiger partial charge in [0.05, 0.1) is 18.2 Å². The number of nitrogens with zero attached hydrogens (tertiary/aromatic N) is 3. The number of H-pyrrole nitrogens is 1. The summed E-state index contributed by atoms with van der Waals surface area (Å²) in [6.45, 7) is 11.9. The van der Waals surface area contributed by atoms with Crippen molar-refractivity contribution in [1.82, 2.24) is 25.1 Å². The van der Waals surface area contributed by atoms with Crippen molar-refractivity contribution in [3.63, 3.8) is 0 Å². The maximum Gasteiger partial charge on any atom is 0.237 e. The highest BCUT2D eigenvalue weighted by Gasteiger charge is 2.29. The molecule has 2 aliphatic heterocycles. The molecule has 3 heterocycles. The van der Waals surface area contributed by atoms with Crippen LogP contribution in [0.15, 0.2) is 12.4 Å². The molecule has 0 spiro atoms. The van der Waals surface area contributed by atoms with Crippen LogP contribution in [0.3, 0.4) is 0 Å². The van der Waals surface area contributed by atoms with Gasteiger partial charge in [0.1, 0.15) is 5.82 Å². The summed E-state index contributed by atoms with van der Waals surface area (Å²) >= 11 is 0. The van der Waals surface area contributed by atoms with E-state index in [1.54, 1.807) is 0 Å². The van der Waals surface area contributed by atoms with Crippen molar-refractivity contribution in [2.24, 2.45) is 5.92 Å². The lowest BCUT2D eigenvalue weighted by Crippen LogP contribution is -2.54. The predicted octanol–water partition coefficient (Wildman–Crippen LogP) is 1.28. The summed E-state index contributed by atoms with van der Waals surface area (Å²) in [5.41, 5.74) is 0. The Balaban J connectivity index is 1.33. The number of rotatable bonds is 7. The lowest BCUT2D eigenvalue weighted by atomic mass is 9.96. The molecule has 1 aromatic heterocycles. The Labute approximate surface area is 162 Å². The third kappa shape index (κ3) is 6.02. The Kier molecular flexibility index (Phi) is 7.26. The number of aromatic amines is 1. The number of hydrogen-bond acceptors (Lipinski definition) is 5. The maximum atomic E-state index is 12.6. The van der Waals surface area contributed by atoms with E-state index < -0.39 is 0 Å². The molecule has 27 heavy (non-hydrogen) atoms. The Bertz CT molecular complexity index is 561. The van der Waals surface area contributed by atoms with E-state index in [9.17, 15) is 4.79 Å². The van der Waals surface area contributed by atoms with Crippen LogP contribution in [0.2, 0.25) is 0 Å². The summed E-state index contributed by atoms with van der Waals surface area (Å²) in [5.74, 6) is 1.80. The van der Waals surface area contributed by atoms with Crippen molar-refractivity contribution < 1.29 is 9.53 Å². The Morgan fingerprint density at radius 2 is 2.04 bits per heavy atom. The number of aromatic nitrogens is 2. The molecule has 3 atom stereocenters. The van der Waals surface area contributed by atoms with Gasteiger partial charge in [0.2, 0.25) is 5.91 Å². The lowest BCUT2D eigenvalue weighted by Gasteiger charge is -2.38. The van der Waals surface area contributed by atoms with Crippen LogP contribution >= 0.6 is 0 Å². The van der Waals surface area contributed by atoms with Crippen molar-refractivity contribution in [3.8, 4) is 0 Å². The summed E-state index contributed by atoms with van der Waals surface area (Å²) in [6, 6.07) is -0.0906. The number of hydrogen-bond donors (Lipinski definition) is 2. The van der Waals surface area contributed by atoms with E-state index in [0.717, 1.165) is 64.4 Å². The second-order valence-electron chi connectivity index (χ2n) is 8.20. The molecule has 2 N–H and O–H groups in total. The number of ether oxygens (including phenoxy) is 1. The highest BCUT2D eigenvalue weighted by atomic mass is 16.5. The molecule has 7 nitrogen and oxygen atoms in total. The number of nitrogens with one attached hydrogen (secondary N) is 2. The van der Waals surface area contributed by atoms with Gasteiger partial charge in [0, 0.05) is 45.0 Å². The van der Waals surface area contributed by atoms with E-state index in [4.69, 9.17) is 4.74 Å². The van der Waals surface area contributed by atoms with Gasteiger partial charge in [-0.05, 0) is 52.6 Å². The number of likely N-dealkylation sites (tertiary alicyclic amines) is 1. The lowest BCUT2D eigenvalue weighted by molar-refractivity contribution is -0.132. The van der Waals surface area contributed by atoms with Gasteiger partial charge >= 0.3 is 0 Å². The minimum absolute atomic E-state index is 0.0906. The molecule has 0 aliphatic carbocycles. The van der Waals surface area contributed by atoms with E-state index >= 15 is 0 Å². The topological polar surface area (TPSA) is 73.5 Å². The fourth-order valence-electron chi connectivity index (χ4n) is 4.21. The molecule has 1 aromatic rings. The number of morpholine rings is 1. The molecule has 3 rings (SSSR count). The largest absolute Gasteiger partial charge is 0.373 e. The zero-order valence-electron chi connectivity index (χ0n) is 17.0. The van der Waals surface area contributed by atoms with Crippen LogP contribution < -0.4 is 5.32 Å². The zero-order valence-corrected chi connectivity index (χ0v) is 17.0. The Hall–Kier alpha value is -1.44. The van der Waals surface area contributed by atoms with Crippen LogP contribution in [-0.4, -0.2) is 83.2 Å². The standard InChI is InChI=1S/C20H35N5O2/c1-15-13-25(14-16(2)27-15)17(3)20(26)23-12-18-4-9-24(10-5-18)11-6-19-21-7-8-22-19/h7-8,15-18H,4-6,9-14H2,1-3H3,(H,21,22)(H,23,26)/t15-,16+,17?. The van der Waals surface area contributed by atoms with Crippen LogP contribution in [0.5, 0.6) is 0 Å². The fourth-order valence-corrected chi connectivity index (χ4v) is 4.21. The van der Waals surface area contributed by atoms with E-state index in [-0.39, 0.29) is 24.2 Å². The zero-order chi connectivity index (χ0) is 19.2. The molecule has 2 fully saturated rings. The number of piperidine rings is 1. The van der Waals surface area contributed by atoms with Crippen LogP contribution in [0.1, 0.15) is 39.4 Å². The molecular formula is C20H35N5O2. The molecule has 1 unspecified atom stereocenters. The highest BCUT2D eigenvalue weighted by molar-refractivity contribution is 5.81. The molecule has 2 saturated heterocycles. The first-order valence-electron chi connectivity index (χ1n) is 10.4. The molecule has 7 heteroatoms. The van der Waals surface area contributed by atoms with E-state index in [2.05, 4.69) is 38.9 Å². The number of carbonyl (C=O) groups is 1.